The maximum absolute atomic E-state index is 11.9. The molecule has 1 aliphatic heterocycles. The van der Waals surface area contributed by atoms with Gasteiger partial charge in [-0.25, -0.2) is 4.79 Å². The summed E-state index contributed by atoms with van der Waals surface area (Å²) < 4.78 is 32.2. The molecule has 8 heteroatoms. The zero-order valence-electron chi connectivity index (χ0n) is 10.6. The van der Waals surface area contributed by atoms with Crippen molar-refractivity contribution >= 4 is 28.0 Å². The molecule has 2 aromatic rings. The highest BCUT2D eigenvalue weighted by molar-refractivity contribution is 7.90. The first-order valence-electron chi connectivity index (χ1n) is 5.95. The van der Waals surface area contributed by atoms with Crippen molar-refractivity contribution < 1.29 is 22.7 Å². The molecular formula is C13H10N2O5S. The molecule has 0 unspecified atom stereocenters. The first-order valence-corrected chi connectivity index (χ1v) is 7.39. The predicted molar refractivity (Wildman–Crippen MR) is 74.0 cm³/mol. The average Bonchev–Trinajstić information content (AvgIpc) is 2.91. The van der Waals surface area contributed by atoms with Crippen molar-refractivity contribution in [1.82, 2.24) is 0 Å². The largest absolute Gasteiger partial charge is 0.475 e. The summed E-state index contributed by atoms with van der Waals surface area (Å²) in [5, 5.41) is 9.02. The molecule has 108 valence electrons. The van der Waals surface area contributed by atoms with E-state index in [1.165, 1.54) is 24.7 Å². The van der Waals surface area contributed by atoms with Gasteiger partial charge in [0.15, 0.2) is 0 Å². The summed E-state index contributed by atoms with van der Waals surface area (Å²) >= 11 is 0. The second-order valence-electron chi connectivity index (χ2n) is 4.37. The van der Waals surface area contributed by atoms with Crippen molar-refractivity contribution in [2.45, 2.75) is 11.4 Å². The molecule has 1 N–H and O–H groups in total. The Labute approximate surface area is 120 Å². The number of carboxylic acids is 1. The Balaban J connectivity index is 2.01. The lowest BCUT2D eigenvalue weighted by molar-refractivity contribution is 0.0661. The highest BCUT2D eigenvalue weighted by Gasteiger charge is 2.26. The van der Waals surface area contributed by atoms with Crippen LogP contribution >= 0.6 is 0 Å². The molecule has 0 saturated heterocycles. The topological polar surface area (TPSA) is 100 Å². The lowest BCUT2D eigenvalue weighted by Gasteiger charge is -2.24. The van der Waals surface area contributed by atoms with Gasteiger partial charge < -0.3 is 14.4 Å². The van der Waals surface area contributed by atoms with Crippen molar-refractivity contribution in [2.75, 3.05) is 4.90 Å². The third-order valence-corrected chi connectivity index (χ3v) is 4.33. The number of sulfonamides is 1. The van der Waals surface area contributed by atoms with Gasteiger partial charge in [0, 0.05) is 5.56 Å². The maximum Gasteiger partial charge on any atom is 0.372 e. The minimum absolute atomic E-state index is 0.0906. The van der Waals surface area contributed by atoms with E-state index >= 15 is 0 Å². The Morgan fingerprint density at radius 2 is 2.05 bits per heavy atom. The van der Waals surface area contributed by atoms with Gasteiger partial charge in [-0.1, -0.05) is 12.1 Å². The first-order chi connectivity index (χ1) is 9.99. The van der Waals surface area contributed by atoms with Crippen LogP contribution in [0.1, 0.15) is 16.1 Å². The van der Waals surface area contributed by atoms with E-state index in [-0.39, 0.29) is 17.2 Å². The minimum atomic E-state index is -3.69. The van der Waals surface area contributed by atoms with Crippen LogP contribution in [0.4, 0.5) is 5.69 Å². The van der Waals surface area contributed by atoms with Gasteiger partial charge in [-0.3, -0.25) is 0 Å². The van der Waals surface area contributed by atoms with Crippen molar-refractivity contribution in [3.05, 3.63) is 47.9 Å². The van der Waals surface area contributed by atoms with Crippen LogP contribution in [0.15, 0.2) is 50.3 Å². The smallest absolute Gasteiger partial charge is 0.372 e. The average molecular weight is 306 g/mol. The van der Waals surface area contributed by atoms with Crippen LogP contribution in [0, 0.1) is 0 Å². The van der Waals surface area contributed by atoms with E-state index < -0.39 is 16.0 Å². The highest BCUT2D eigenvalue weighted by atomic mass is 32.2. The summed E-state index contributed by atoms with van der Waals surface area (Å²) in [6.45, 7) is 0.147. The molecule has 0 bridgehead atoms. The first kappa shape index (κ1) is 13.4. The van der Waals surface area contributed by atoms with E-state index in [1.807, 2.05) is 0 Å². The molecule has 21 heavy (non-hydrogen) atoms. The number of carbonyl (C=O) groups is 1. The molecule has 0 saturated carbocycles. The maximum atomic E-state index is 11.9. The van der Waals surface area contributed by atoms with Gasteiger partial charge in [-0.15, -0.1) is 4.40 Å². The summed E-state index contributed by atoms with van der Waals surface area (Å²) in [5.41, 5.74) is 0.882. The molecule has 0 spiro atoms. The van der Waals surface area contributed by atoms with Crippen LogP contribution in [-0.4, -0.2) is 25.8 Å². The van der Waals surface area contributed by atoms with Gasteiger partial charge in [-0.2, -0.15) is 8.42 Å². The summed E-state index contributed by atoms with van der Waals surface area (Å²) in [6.07, 6.45) is 2.46. The van der Waals surface area contributed by atoms with Crippen molar-refractivity contribution in [2.24, 2.45) is 4.40 Å². The Kier molecular flexibility index (Phi) is 3.02. The summed E-state index contributed by atoms with van der Waals surface area (Å²) in [5.74, 6) is -1.35. The highest BCUT2D eigenvalue weighted by Crippen LogP contribution is 2.30. The van der Waals surface area contributed by atoms with Crippen LogP contribution in [0.3, 0.4) is 0 Å². The lowest BCUT2D eigenvalue weighted by atomic mass is 10.2. The van der Waals surface area contributed by atoms with E-state index in [0.717, 1.165) is 0 Å². The fraction of sp³-hybridized carbons (Fsp3) is 0.0769. The second-order valence-corrected chi connectivity index (χ2v) is 5.97. The Bertz CT molecular complexity index is 838. The Hall–Kier alpha value is -2.61. The van der Waals surface area contributed by atoms with Gasteiger partial charge in [0.05, 0.1) is 18.5 Å². The van der Waals surface area contributed by atoms with Gasteiger partial charge >= 0.3 is 5.97 Å². The Morgan fingerprint density at radius 3 is 2.81 bits per heavy atom. The molecule has 1 aromatic heterocycles. The number of furan rings is 1. The fourth-order valence-electron chi connectivity index (χ4n) is 2.11. The van der Waals surface area contributed by atoms with E-state index in [4.69, 9.17) is 9.52 Å². The second kappa shape index (κ2) is 4.74. The molecule has 1 aromatic carbocycles. The van der Waals surface area contributed by atoms with E-state index in [9.17, 15) is 13.2 Å². The number of hydrogen-bond donors (Lipinski definition) is 1. The van der Waals surface area contributed by atoms with E-state index in [2.05, 4.69) is 4.40 Å². The Morgan fingerprint density at radius 1 is 1.29 bits per heavy atom. The number of rotatable bonds is 3. The molecule has 2 heterocycles. The van der Waals surface area contributed by atoms with Crippen molar-refractivity contribution in [3.8, 4) is 0 Å². The standard InChI is InChI=1S/C13H10N2O5S/c16-13(17)12-9(5-6-20-12)7-15-8-14-21(18,19)11-4-2-1-3-10(11)15/h1-6,8H,7H2,(H,16,17). The van der Waals surface area contributed by atoms with Crippen molar-refractivity contribution in [3.63, 3.8) is 0 Å². The predicted octanol–water partition coefficient (Wildman–Crippen LogP) is 1.72. The van der Waals surface area contributed by atoms with Gasteiger partial charge in [0.2, 0.25) is 5.76 Å². The number of para-hydroxylation sites is 1. The monoisotopic (exact) mass is 306 g/mol. The number of hydrogen-bond acceptors (Lipinski definition) is 5. The molecule has 1 aliphatic rings. The molecule has 0 amide bonds. The summed E-state index contributed by atoms with van der Waals surface area (Å²) in [7, 11) is -3.69. The molecular weight excluding hydrogens is 296 g/mol. The number of nitrogens with zero attached hydrogens (tertiary/aromatic N) is 2. The van der Waals surface area contributed by atoms with Gasteiger partial charge in [0.1, 0.15) is 11.2 Å². The van der Waals surface area contributed by atoms with E-state index in [0.29, 0.717) is 11.3 Å². The van der Waals surface area contributed by atoms with Gasteiger partial charge in [-0.05, 0) is 18.2 Å². The number of aromatic carboxylic acids is 1. The molecule has 0 radical (unpaired) electrons. The summed E-state index contributed by atoms with van der Waals surface area (Å²) in [4.78, 5) is 12.7. The third-order valence-electron chi connectivity index (χ3n) is 3.06. The number of benzene rings is 1. The van der Waals surface area contributed by atoms with Crippen LogP contribution in [0.25, 0.3) is 0 Å². The van der Waals surface area contributed by atoms with Gasteiger partial charge in [0.25, 0.3) is 10.0 Å². The van der Waals surface area contributed by atoms with Crippen molar-refractivity contribution in [1.29, 1.82) is 0 Å². The van der Waals surface area contributed by atoms with Crippen LogP contribution in [0.5, 0.6) is 0 Å². The number of fused-ring (bicyclic) bond motifs is 1. The molecule has 0 fully saturated rings. The van der Waals surface area contributed by atoms with E-state index in [1.54, 1.807) is 23.1 Å². The van der Waals surface area contributed by atoms with Crippen LogP contribution < -0.4 is 4.90 Å². The molecule has 7 nitrogen and oxygen atoms in total. The fourth-order valence-corrected chi connectivity index (χ4v) is 3.16. The quantitative estimate of drug-likeness (QED) is 0.926. The third kappa shape index (κ3) is 2.29. The van der Waals surface area contributed by atoms with Crippen LogP contribution in [0.2, 0.25) is 0 Å². The zero-order chi connectivity index (χ0) is 15.0. The normalized spacial score (nSPS) is 15.7. The number of carboxylic acid groups (broad SMARTS) is 1. The molecule has 3 rings (SSSR count). The lowest BCUT2D eigenvalue weighted by Crippen LogP contribution is -2.27. The summed E-state index contributed by atoms with van der Waals surface area (Å²) in [6, 6.07) is 7.94. The SMILES string of the molecule is O=C(O)c1occc1CN1C=NS(=O)(=O)c2ccccc21. The molecule has 0 atom stereocenters. The number of anilines is 1. The zero-order valence-corrected chi connectivity index (χ0v) is 11.4. The van der Waals surface area contributed by atoms with Crippen LogP contribution in [-0.2, 0) is 16.6 Å². The minimum Gasteiger partial charge on any atom is -0.475 e. The molecule has 0 aliphatic carbocycles.